The van der Waals surface area contributed by atoms with Gasteiger partial charge in [0, 0.05) is 13.1 Å². The molecule has 1 aliphatic rings. The molecule has 0 spiro atoms. The minimum absolute atomic E-state index is 0.150. The van der Waals surface area contributed by atoms with Crippen LogP contribution in [0.25, 0.3) is 0 Å². The summed E-state index contributed by atoms with van der Waals surface area (Å²) in [5, 5.41) is 9.55. The van der Waals surface area contributed by atoms with Crippen LogP contribution in [0.5, 0.6) is 5.75 Å². The van der Waals surface area contributed by atoms with E-state index in [1.165, 1.54) is 5.56 Å². The Bertz CT molecular complexity index is 354. The number of piperidine rings is 1. The average Bonchev–Trinajstić information content (AvgIpc) is 2.29. The van der Waals surface area contributed by atoms with Crippen molar-refractivity contribution < 1.29 is 9.84 Å². The van der Waals surface area contributed by atoms with E-state index in [-0.39, 0.29) is 6.10 Å². The summed E-state index contributed by atoms with van der Waals surface area (Å²) in [7, 11) is 0. The standard InChI is InChI=1S/C14H21NO2/c1-12-4-2-6-14(10-12)17-9-8-15-7-3-5-13(16)11-15/h2,4,6,10,13,16H,3,5,7-9,11H2,1H3. The molecule has 0 amide bonds. The molecule has 0 aliphatic carbocycles. The molecule has 1 atom stereocenters. The van der Waals surface area contributed by atoms with Gasteiger partial charge < -0.3 is 9.84 Å². The second-order valence-electron chi connectivity index (χ2n) is 4.76. The Hall–Kier alpha value is -1.06. The molecule has 1 aliphatic heterocycles. The quantitative estimate of drug-likeness (QED) is 0.864. The van der Waals surface area contributed by atoms with Gasteiger partial charge in [0.25, 0.3) is 0 Å². The molecule has 1 unspecified atom stereocenters. The highest BCUT2D eigenvalue weighted by molar-refractivity contribution is 5.27. The summed E-state index contributed by atoms with van der Waals surface area (Å²) in [4.78, 5) is 2.27. The zero-order chi connectivity index (χ0) is 12.1. The molecular formula is C14H21NO2. The third-order valence-electron chi connectivity index (χ3n) is 3.15. The van der Waals surface area contributed by atoms with Gasteiger partial charge in [0.05, 0.1) is 6.10 Å². The molecule has 94 valence electrons. The largest absolute Gasteiger partial charge is 0.492 e. The molecule has 1 saturated heterocycles. The van der Waals surface area contributed by atoms with Crippen molar-refractivity contribution in [1.29, 1.82) is 0 Å². The van der Waals surface area contributed by atoms with Crippen molar-refractivity contribution in [3.05, 3.63) is 29.8 Å². The number of aryl methyl sites for hydroxylation is 1. The van der Waals surface area contributed by atoms with Crippen molar-refractivity contribution in [2.75, 3.05) is 26.2 Å². The maximum Gasteiger partial charge on any atom is 0.119 e. The van der Waals surface area contributed by atoms with Gasteiger partial charge in [0.1, 0.15) is 12.4 Å². The van der Waals surface area contributed by atoms with Crippen LogP contribution in [0.1, 0.15) is 18.4 Å². The van der Waals surface area contributed by atoms with Crippen molar-refractivity contribution in [3.8, 4) is 5.75 Å². The van der Waals surface area contributed by atoms with Crippen LogP contribution in [-0.2, 0) is 0 Å². The van der Waals surface area contributed by atoms with Gasteiger partial charge in [-0.2, -0.15) is 0 Å². The summed E-state index contributed by atoms with van der Waals surface area (Å²) < 4.78 is 5.70. The zero-order valence-corrected chi connectivity index (χ0v) is 10.4. The van der Waals surface area contributed by atoms with Crippen LogP contribution in [0.3, 0.4) is 0 Å². The van der Waals surface area contributed by atoms with Gasteiger partial charge in [-0.3, -0.25) is 4.90 Å². The fraction of sp³-hybridized carbons (Fsp3) is 0.571. The number of aliphatic hydroxyl groups excluding tert-OH is 1. The molecular weight excluding hydrogens is 214 g/mol. The maximum absolute atomic E-state index is 9.55. The fourth-order valence-electron chi connectivity index (χ4n) is 2.23. The summed E-state index contributed by atoms with van der Waals surface area (Å²) in [6.45, 7) is 5.51. The Morgan fingerprint density at radius 2 is 2.35 bits per heavy atom. The highest BCUT2D eigenvalue weighted by Gasteiger charge is 2.16. The van der Waals surface area contributed by atoms with E-state index in [0.717, 1.165) is 38.2 Å². The Morgan fingerprint density at radius 1 is 1.47 bits per heavy atom. The topological polar surface area (TPSA) is 32.7 Å². The van der Waals surface area contributed by atoms with Gasteiger partial charge >= 0.3 is 0 Å². The van der Waals surface area contributed by atoms with Crippen molar-refractivity contribution in [3.63, 3.8) is 0 Å². The lowest BCUT2D eigenvalue weighted by Crippen LogP contribution is -2.40. The van der Waals surface area contributed by atoms with Gasteiger partial charge in [-0.15, -0.1) is 0 Å². The Balaban J connectivity index is 1.72. The molecule has 0 radical (unpaired) electrons. The van der Waals surface area contributed by atoms with E-state index in [9.17, 15) is 5.11 Å². The van der Waals surface area contributed by atoms with E-state index < -0.39 is 0 Å². The van der Waals surface area contributed by atoms with Crippen LogP contribution in [-0.4, -0.2) is 42.4 Å². The normalized spacial score (nSPS) is 21.4. The van der Waals surface area contributed by atoms with Crippen molar-refractivity contribution in [2.45, 2.75) is 25.9 Å². The Morgan fingerprint density at radius 3 is 3.12 bits per heavy atom. The first-order valence-corrected chi connectivity index (χ1v) is 6.34. The molecule has 1 heterocycles. The minimum Gasteiger partial charge on any atom is -0.492 e. The Kier molecular flexibility index (Phi) is 4.40. The second kappa shape index (κ2) is 6.03. The van der Waals surface area contributed by atoms with Crippen LogP contribution in [0, 0.1) is 6.92 Å². The van der Waals surface area contributed by atoms with E-state index in [1.807, 2.05) is 18.2 Å². The number of rotatable bonds is 4. The first-order chi connectivity index (χ1) is 8.24. The van der Waals surface area contributed by atoms with Crippen LogP contribution in [0.4, 0.5) is 0 Å². The molecule has 0 bridgehead atoms. The lowest BCUT2D eigenvalue weighted by atomic mass is 10.1. The lowest BCUT2D eigenvalue weighted by Gasteiger charge is -2.29. The molecule has 0 saturated carbocycles. The smallest absolute Gasteiger partial charge is 0.119 e. The highest BCUT2D eigenvalue weighted by Crippen LogP contribution is 2.13. The number of benzene rings is 1. The number of aliphatic hydroxyl groups is 1. The molecule has 3 nitrogen and oxygen atoms in total. The number of nitrogens with zero attached hydrogens (tertiary/aromatic N) is 1. The van der Waals surface area contributed by atoms with Gasteiger partial charge in [-0.25, -0.2) is 0 Å². The van der Waals surface area contributed by atoms with Crippen LogP contribution >= 0.6 is 0 Å². The monoisotopic (exact) mass is 235 g/mol. The Labute approximate surface area is 103 Å². The van der Waals surface area contributed by atoms with Crippen molar-refractivity contribution >= 4 is 0 Å². The predicted octanol–water partition coefficient (Wildman–Crippen LogP) is 1.83. The third-order valence-corrected chi connectivity index (χ3v) is 3.15. The third kappa shape index (κ3) is 4.02. The minimum atomic E-state index is -0.150. The summed E-state index contributed by atoms with van der Waals surface area (Å²) in [5.74, 6) is 0.933. The summed E-state index contributed by atoms with van der Waals surface area (Å²) in [6.07, 6.45) is 1.88. The van der Waals surface area contributed by atoms with E-state index in [1.54, 1.807) is 0 Å². The van der Waals surface area contributed by atoms with Gasteiger partial charge in [-0.05, 0) is 44.0 Å². The predicted molar refractivity (Wildman–Crippen MR) is 68.4 cm³/mol. The zero-order valence-electron chi connectivity index (χ0n) is 10.4. The fourth-order valence-corrected chi connectivity index (χ4v) is 2.23. The number of hydrogen-bond acceptors (Lipinski definition) is 3. The highest BCUT2D eigenvalue weighted by atomic mass is 16.5. The van der Waals surface area contributed by atoms with Gasteiger partial charge in [-0.1, -0.05) is 12.1 Å². The van der Waals surface area contributed by atoms with Crippen LogP contribution in [0.2, 0.25) is 0 Å². The molecule has 1 N–H and O–H groups in total. The molecule has 0 aromatic heterocycles. The summed E-state index contributed by atoms with van der Waals surface area (Å²) in [6, 6.07) is 8.10. The molecule has 2 rings (SSSR count). The summed E-state index contributed by atoms with van der Waals surface area (Å²) in [5.41, 5.74) is 1.22. The molecule has 1 fully saturated rings. The molecule has 1 aromatic carbocycles. The van der Waals surface area contributed by atoms with E-state index >= 15 is 0 Å². The maximum atomic E-state index is 9.55. The van der Waals surface area contributed by atoms with Crippen molar-refractivity contribution in [1.82, 2.24) is 4.90 Å². The summed E-state index contributed by atoms with van der Waals surface area (Å²) >= 11 is 0. The van der Waals surface area contributed by atoms with Crippen LogP contribution < -0.4 is 4.74 Å². The van der Waals surface area contributed by atoms with E-state index in [2.05, 4.69) is 17.9 Å². The average molecular weight is 235 g/mol. The molecule has 3 heteroatoms. The van der Waals surface area contributed by atoms with Gasteiger partial charge in [0.2, 0.25) is 0 Å². The molecule has 1 aromatic rings. The number of ether oxygens (including phenoxy) is 1. The molecule has 17 heavy (non-hydrogen) atoms. The number of β-amino-alcohol motifs (C(OH)–C–C–N with tert-alkyl or cyclic N) is 1. The number of hydrogen-bond donors (Lipinski definition) is 1. The van der Waals surface area contributed by atoms with E-state index in [4.69, 9.17) is 4.74 Å². The SMILES string of the molecule is Cc1cccc(OCCN2CCCC(O)C2)c1. The number of likely N-dealkylation sites (tertiary alicyclic amines) is 1. The van der Waals surface area contributed by atoms with Crippen molar-refractivity contribution in [2.24, 2.45) is 0 Å². The first-order valence-electron chi connectivity index (χ1n) is 6.34. The lowest BCUT2D eigenvalue weighted by molar-refractivity contribution is 0.0633. The van der Waals surface area contributed by atoms with Gasteiger partial charge in [0.15, 0.2) is 0 Å². The second-order valence-corrected chi connectivity index (χ2v) is 4.76. The van der Waals surface area contributed by atoms with Crippen LogP contribution in [0.15, 0.2) is 24.3 Å². The first kappa shape index (κ1) is 12.4. The van der Waals surface area contributed by atoms with E-state index in [0.29, 0.717) is 6.61 Å².